The Hall–Kier alpha value is -1.39. The normalized spacial score (nSPS) is 22.8. The molecule has 1 saturated carbocycles. The SMILES string of the molecule is CN(C)C1CCC2(CC1)CCN(C(=O)[C@H](O)c1ccccc1)CC2. The van der Waals surface area contributed by atoms with Crippen molar-refractivity contribution in [3.63, 3.8) is 0 Å². The molecule has 2 aliphatic rings. The van der Waals surface area contributed by atoms with Crippen molar-refractivity contribution in [2.75, 3.05) is 27.2 Å². The van der Waals surface area contributed by atoms with Gasteiger partial charge in [-0.15, -0.1) is 0 Å². The first kappa shape index (κ1) is 17.4. The lowest BCUT2D eigenvalue weighted by Crippen LogP contribution is -2.47. The van der Waals surface area contributed by atoms with Crippen molar-refractivity contribution in [2.24, 2.45) is 5.41 Å². The highest BCUT2D eigenvalue weighted by Gasteiger charge is 2.40. The van der Waals surface area contributed by atoms with Crippen LogP contribution in [0.25, 0.3) is 0 Å². The summed E-state index contributed by atoms with van der Waals surface area (Å²) in [7, 11) is 4.35. The molecule has 1 aliphatic carbocycles. The lowest BCUT2D eigenvalue weighted by atomic mass is 9.66. The van der Waals surface area contributed by atoms with E-state index in [4.69, 9.17) is 0 Å². The Labute approximate surface area is 145 Å². The molecule has 1 spiro atoms. The van der Waals surface area contributed by atoms with Crippen LogP contribution in [0.4, 0.5) is 0 Å². The molecule has 1 heterocycles. The van der Waals surface area contributed by atoms with Crippen LogP contribution in [0, 0.1) is 5.41 Å². The summed E-state index contributed by atoms with van der Waals surface area (Å²) >= 11 is 0. The van der Waals surface area contributed by atoms with Crippen LogP contribution in [0.2, 0.25) is 0 Å². The Bertz CT molecular complexity index is 540. The number of aliphatic hydroxyl groups excluding tert-OH is 1. The maximum atomic E-state index is 12.6. The molecule has 1 amide bonds. The minimum atomic E-state index is -1.02. The molecular formula is C20H30N2O2. The van der Waals surface area contributed by atoms with Gasteiger partial charge in [-0.3, -0.25) is 4.79 Å². The first-order valence-corrected chi connectivity index (χ1v) is 9.19. The molecule has 3 rings (SSSR count). The summed E-state index contributed by atoms with van der Waals surface area (Å²) in [6.45, 7) is 1.57. The highest BCUT2D eigenvalue weighted by Crippen LogP contribution is 2.45. The zero-order valence-corrected chi connectivity index (χ0v) is 14.9. The lowest BCUT2D eigenvalue weighted by molar-refractivity contribution is -0.143. The van der Waals surface area contributed by atoms with Crippen molar-refractivity contribution in [3.05, 3.63) is 35.9 Å². The summed E-state index contributed by atoms with van der Waals surface area (Å²) in [5.41, 5.74) is 1.12. The second-order valence-corrected chi connectivity index (χ2v) is 7.83. The zero-order valence-electron chi connectivity index (χ0n) is 14.9. The van der Waals surface area contributed by atoms with Crippen LogP contribution >= 0.6 is 0 Å². The van der Waals surface area contributed by atoms with Gasteiger partial charge in [0.25, 0.3) is 5.91 Å². The summed E-state index contributed by atoms with van der Waals surface area (Å²) in [5.74, 6) is -0.141. The highest BCUT2D eigenvalue weighted by atomic mass is 16.3. The topological polar surface area (TPSA) is 43.8 Å². The number of hydrogen-bond donors (Lipinski definition) is 1. The number of carbonyl (C=O) groups excluding carboxylic acids is 1. The molecule has 0 aromatic heterocycles. The van der Waals surface area contributed by atoms with E-state index in [1.54, 1.807) is 0 Å². The number of benzene rings is 1. The molecule has 132 valence electrons. The molecule has 2 fully saturated rings. The van der Waals surface area contributed by atoms with Gasteiger partial charge < -0.3 is 14.9 Å². The van der Waals surface area contributed by atoms with Crippen LogP contribution in [0.1, 0.15) is 50.2 Å². The molecule has 4 heteroatoms. The molecule has 24 heavy (non-hydrogen) atoms. The second kappa shape index (κ2) is 7.24. The first-order chi connectivity index (χ1) is 11.5. The zero-order chi connectivity index (χ0) is 17.2. The Kier molecular flexibility index (Phi) is 5.26. The minimum absolute atomic E-state index is 0.141. The molecule has 1 atom stereocenters. The van der Waals surface area contributed by atoms with Gasteiger partial charge in [-0.25, -0.2) is 0 Å². The van der Waals surface area contributed by atoms with Crippen molar-refractivity contribution in [1.82, 2.24) is 9.80 Å². The maximum absolute atomic E-state index is 12.6. The van der Waals surface area contributed by atoms with Crippen molar-refractivity contribution < 1.29 is 9.90 Å². The number of piperidine rings is 1. The fourth-order valence-electron chi connectivity index (χ4n) is 4.38. The van der Waals surface area contributed by atoms with Gasteiger partial charge in [0.1, 0.15) is 0 Å². The Balaban J connectivity index is 1.55. The molecule has 1 N–H and O–H groups in total. The number of likely N-dealkylation sites (tertiary alicyclic amines) is 1. The van der Waals surface area contributed by atoms with Crippen LogP contribution in [-0.2, 0) is 4.79 Å². The van der Waals surface area contributed by atoms with E-state index in [1.807, 2.05) is 35.2 Å². The predicted molar refractivity (Wildman–Crippen MR) is 95.6 cm³/mol. The molecule has 0 bridgehead atoms. The summed E-state index contributed by atoms with van der Waals surface area (Å²) in [4.78, 5) is 16.8. The van der Waals surface area contributed by atoms with Crippen molar-refractivity contribution in [1.29, 1.82) is 0 Å². The summed E-state index contributed by atoms with van der Waals surface area (Å²) in [5, 5.41) is 10.3. The van der Waals surface area contributed by atoms with Gasteiger partial charge >= 0.3 is 0 Å². The molecular weight excluding hydrogens is 300 g/mol. The summed E-state index contributed by atoms with van der Waals surface area (Å²) in [6.07, 6.45) is 6.24. The third kappa shape index (κ3) is 3.65. The van der Waals surface area contributed by atoms with Gasteiger partial charge in [-0.2, -0.15) is 0 Å². The van der Waals surface area contributed by atoms with E-state index in [0.29, 0.717) is 11.0 Å². The third-order valence-electron chi connectivity index (χ3n) is 6.23. The quantitative estimate of drug-likeness (QED) is 0.927. The van der Waals surface area contributed by atoms with Crippen molar-refractivity contribution in [2.45, 2.75) is 50.7 Å². The van der Waals surface area contributed by atoms with Gasteiger partial charge in [0.15, 0.2) is 6.10 Å². The average molecular weight is 330 g/mol. The van der Waals surface area contributed by atoms with E-state index in [0.717, 1.165) is 32.0 Å². The largest absolute Gasteiger partial charge is 0.378 e. The highest BCUT2D eigenvalue weighted by molar-refractivity contribution is 5.82. The minimum Gasteiger partial charge on any atom is -0.378 e. The smallest absolute Gasteiger partial charge is 0.256 e. The van der Waals surface area contributed by atoms with Crippen LogP contribution in [0.3, 0.4) is 0 Å². The first-order valence-electron chi connectivity index (χ1n) is 9.19. The Morgan fingerprint density at radius 2 is 1.71 bits per heavy atom. The third-order valence-corrected chi connectivity index (χ3v) is 6.23. The predicted octanol–water partition coefficient (Wildman–Crippen LogP) is 2.83. The van der Waals surface area contributed by atoms with Crippen LogP contribution < -0.4 is 0 Å². The molecule has 1 saturated heterocycles. The van der Waals surface area contributed by atoms with Crippen LogP contribution in [0.5, 0.6) is 0 Å². The fourth-order valence-corrected chi connectivity index (χ4v) is 4.38. The molecule has 1 aromatic rings. The van der Waals surface area contributed by atoms with E-state index in [9.17, 15) is 9.90 Å². The standard InChI is InChI=1S/C20H30N2O2/c1-21(2)17-8-10-20(11-9-17)12-14-22(15-13-20)19(24)18(23)16-6-4-3-5-7-16/h3-7,17-18,23H,8-15H2,1-2H3/t18-/m1/s1. The number of aliphatic hydroxyl groups is 1. The Morgan fingerprint density at radius 3 is 2.25 bits per heavy atom. The van der Waals surface area contributed by atoms with Crippen LogP contribution in [0.15, 0.2) is 30.3 Å². The van der Waals surface area contributed by atoms with E-state index in [-0.39, 0.29) is 5.91 Å². The van der Waals surface area contributed by atoms with Gasteiger partial charge in [0.2, 0.25) is 0 Å². The fraction of sp³-hybridized carbons (Fsp3) is 0.650. The van der Waals surface area contributed by atoms with E-state index in [2.05, 4.69) is 19.0 Å². The number of hydrogen-bond acceptors (Lipinski definition) is 3. The molecule has 1 aliphatic heterocycles. The van der Waals surface area contributed by atoms with Crippen molar-refractivity contribution >= 4 is 5.91 Å². The van der Waals surface area contributed by atoms with Gasteiger partial charge in [0.05, 0.1) is 0 Å². The van der Waals surface area contributed by atoms with Gasteiger partial charge in [0, 0.05) is 19.1 Å². The molecule has 0 radical (unpaired) electrons. The van der Waals surface area contributed by atoms with E-state index in [1.165, 1.54) is 25.7 Å². The summed E-state index contributed by atoms with van der Waals surface area (Å²) in [6, 6.07) is 9.97. The number of carbonyl (C=O) groups is 1. The number of amides is 1. The lowest BCUT2D eigenvalue weighted by Gasteiger charge is -2.47. The maximum Gasteiger partial charge on any atom is 0.256 e. The average Bonchev–Trinajstić information content (AvgIpc) is 2.62. The Morgan fingerprint density at radius 1 is 1.12 bits per heavy atom. The van der Waals surface area contributed by atoms with E-state index >= 15 is 0 Å². The van der Waals surface area contributed by atoms with Crippen LogP contribution in [-0.4, -0.2) is 54.0 Å². The molecule has 0 unspecified atom stereocenters. The molecule has 4 nitrogen and oxygen atoms in total. The number of nitrogens with zero attached hydrogens (tertiary/aromatic N) is 2. The van der Waals surface area contributed by atoms with Gasteiger partial charge in [-0.1, -0.05) is 30.3 Å². The monoisotopic (exact) mass is 330 g/mol. The van der Waals surface area contributed by atoms with Crippen molar-refractivity contribution in [3.8, 4) is 0 Å². The number of rotatable bonds is 3. The van der Waals surface area contributed by atoms with Gasteiger partial charge in [-0.05, 0) is 63.6 Å². The second-order valence-electron chi connectivity index (χ2n) is 7.83. The molecule has 1 aromatic carbocycles. The van der Waals surface area contributed by atoms with E-state index < -0.39 is 6.10 Å². The summed E-state index contributed by atoms with van der Waals surface area (Å²) < 4.78 is 0.